The van der Waals surface area contributed by atoms with Gasteiger partial charge in [0.15, 0.2) is 0 Å². The maximum atomic E-state index is 12.0. The molecule has 1 heterocycles. The fraction of sp³-hybridized carbons (Fsp3) is 0.588. The highest BCUT2D eigenvalue weighted by molar-refractivity contribution is 5.90. The van der Waals surface area contributed by atoms with Gasteiger partial charge in [-0.3, -0.25) is 0 Å². The maximum Gasteiger partial charge on any atom is 0.338 e. The summed E-state index contributed by atoms with van der Waals surface area (Å²) in [5.74, 6) is 0.115. The van der Waals surface area contributed by atoms with Crippen molar-refractivity contribution in [3.63, 3.8) is 0 Å². The molecule has 0 spiro atoms. The molecular weight excluding hydrogens is 280 g/mol. The third kappa shape index (κ3) is 4.55. The molecule has 120 valence electrons. The second-order valence-electron chi connectivity index (χ2n) is 6.79. The van der Waals surface area contributed by atoms with E-state index in [2.05, 4.69) is 10.1 Å². The molecule has 0 saturated carbocycles. The lowest BCUT2D eigenvalue weighted by atomic mass is 9.96. The number of hydrogen-bond acceptors (Lipinski definition) is 5. The van der Waals surface area contributed by atoms with Crippen molar-refractivity contribution in [2.45, 2.75) is 39.2 Å². The first-order valence-corrected chi connectivity index (χ1v) is 7.76. The number of carbonyl (C=O) groups is 1. The van der Waals surface area contributed by atoms with Gasteiger partial charge >= 0.3 is 5.97 Å². The van der Waals surface area contributed by atoms with Gasteiger partial charge in [0, 0.05) is 18.8 Å². The average Bonchev–Trinajstić information content (AvgIpc) is 2.47. The maximum absolute atomic E-state index is 12.0. The first-order valence-electron chi connectivity index (χ1n) is 7.76. The van der Waals surface area contributed by atoms with E-state index < -0.39 is 5.60 Å². The van der Waals surface area contributed by atoms with Crippen molar-refractivity contribution >= 4 is 11.7 Å². The van der Waals surface area contributed by atoms with Crippen LogP contribution in [0.25, 0.3) is 0 Å². The van der Waals surface area contributed by atoms with Crippen molar-refractivity contribution in [3.05, 3.63) is 34.7 Å². The van der Waals surface area contributed by atoms with E-state index in [1.54, 1.807) is 0 Å². The smallest absolute Gasteiger partial charge is 0.338 e. The van der Waals surface area contributed by atoms with Crippen LogP contribution in [0.15, 0.2) is 29.4 Å². The van der Waals surface area contributed by atoms with Gasteiger partial charge in [0.05, 0.1) is 12.1 Å². The number of piperidine rings is 1. The normalized spacial score (nSPS) is 16.4. The highest BCUT2D eigenvalue weighted by Gasteiger charge is 2.21. The minimum Gasteiger partial charge on any atom is -0.456 e. The second-order valence-corrected chi connectivity index (χ2v) is 6.79. The Morgan fingerprint density at radius 1 is 1.23 bits per heavy atom. The number of esters is 1. The Bertz CT molecular complexity index is 512. The minimum absolute atomic E-state index is 0.296. The van der Waals surface area contributed by atoms with E-state index in [1.807, 2.05) is 45.0 Å². The topological polar surface area (TPSA) is 59.0 Å². The molecule has 0 unspecified atom stereocenters. The van der Waals surface area contributed by atoms with E-state index in [0.717, 1.165) is 31.6 Å². The summed E-state index contributed by atoms with van der Waals surface area (Å²) in [6.45, 7) is 7.84. The predicted octanol–water partition coefficient (Wildman–Crippen LogP) is 3.62. The van der Waals surface area contributed by atoms with Gasteiger partial charge in [-0.05, 0) is 63.8 Å². The van der Waals surface area contributed by atoms with Gasteiger partial charge in [0.25, 0.3) is 0 Å². The van der Waals surface area contributed by atoms with E-state index in [4.69, 9.17) is 4.74 Å². The molecule has 0 aliphatic carbocycles. The molecule has 1 aromatic rings. The third-order valence-corrected chi connectivity index (χ3v) is 3.81. The van der Waals surface area contributed by atoms with E-state index >= 15 is 0 Å². The SMILES string of the molecule is CC(C)(C)OC(=O)c1ccc(N2CCC(CN=O)CC2)cc1. The van der Waals surface area contributed by atoms with E-state index in [-0.39, 0.29) is 5.97 Å². The lowest BCUT2D eigenvalue weighted by molar-refractivity contribution is 0.00696. The van der Waals surface area contributed by atoms with Crippen molar-refractivity contribution in [1.82, 2.24) is 0 Å². The Labute approximate surface area is 131 Å². The van der Waals surface area contributed by atoms with E-state index in [1.165, 1.54) is 0 Å². The lowest BCUT2D eigenvalue weighted by Gasteiger charge is -2.32. The van der Waals surface area contributed by atoms with Crippen molar-refractivity contribution in [1.29, 1.82) is 0 Å². The van der Waals surface area contributed by atoms with Crippen LogP contribution in [0, 0.1) is 10.8 Å². The molecule has 1 aliphatic heterocycles. The first kappa shape index (κ1) is 16.5. The zero-order valence-electron chi connectivity index (χ0n) is 13.5. The first-order chi connectivity index (χ1) is 10.4. The molecule has 2 rings (SSSR count). The van der Waals surface area contributed by atoms with Crippen LogP contribution in [0.1, 0.15) is 44.0 Å². The minimum atomic E-state index is -0.482. The van der Waals surface area contributed by atoms with E-state index in [9.17, 15) is 9.70 Å². The number of nitrogens with zero attached hydrogens (tertiary/aromatic N) is 2. The Morgan fingerprint density at radius 2 is 1.82 bits per heavy atom. The highest BCUT2D eigenvalue weighted by Crippen LogP contribution is 2.24. The molecule has 0 atom stereocenters. The molecule has 5 heteroatoms. The summed E-state index contributed by atoms with van der Waals surface area (Å²) in [4.78, 5) is 24.6. The number of benzene rings is 1. The zero-order chi connectivity index (χ0) is 16.2. The van der Waals surface area contributed by atoms with Crippen molar-refractivity contribution in [3.8, 4) is 0 Å². The van der Waals surface area contributed by atoms with Crippen LogP contribution in [-0.4, -0.2) is 31.2 Å². The monoisotopic (exact) mass is 304 g/mol. The highest BCUT2D eigenvalue weighted by atomic mass is 16.6. The lowest BCUT2D eigenvalue weighted by Crippen LogP contribution is -2.34. The summed E-state index contributed by atoms with van der Waals surface area (Å²) in [5, 5.41) is 3.00. The molecule has 1 saturated heterocycles. The molecule has 1 fully saturated rings. The zero-order valence-corrected chi connectivity index (χ0v) is 13.5. The Balaban J connectivity index is 1.95. The van der Waals surface area contributed by atoms with Gasteiger partial charge in [0.1, 0.15) is 5.60 Å². The summed E-state index contributed by atoms with van der Waals surface area (Å²) >= 11 is 0. The van der Waals surface area contributed by atoms with Crippen LogP contribution in [0.5, 0.6) is 0 Å². The molecule has 5 nitrogen and oxygen atoms in total. The summed E-state index contributed by atoms with van der Waals surface area (Å²) in [6, 6.07) is 7.53. The quantitative estimate of drug-likeness (QED) is 0.629. The molecule has 0 N–H and O–H groups in total. The Hall–Kier alpha value is -1.91. The summed E-state index contributed by atoms with van der Waals surface area (Å²) in [7, 11) is 0. The van der Waals surface area contributed by atoms with Crippen molar-refractivity contribution < 1.29 is 9.53 Å². The molecule has 0 bridgehead atoms. The molecular formula is C17H24N2O3. The molecule has 22 heavy (non-hydrogen) atoms. The van der Waals surface area contributed by atoms with Crippen molar-refractivity contribution in [2.24, 2.45) is 11.1 Å². The van der Waals surface area contributed by atoms with Gasteiger partial charge in [0.2, 0.25) is 0 Å². The number of carbonyl (C=O) groups excluding carboxylic acids is 1. The van der Waals surface area contributed by atoms with Gasteiger partial charge < -0.3 is 9.64 Å². The van der Waals surface area contributed by atoms with Gasteiger partial charge in [-0.2, -0.15) is 4.91 Å². The molecule has 0 aromatic heterocycles. The standard InChI is InChI=1S/C17H24N2O3/c1-17(2,3)22-16(20)14-4-6-15(7-5-14)19-10-8-13(9-11-19)12-18-21/h4-7,13H,8-12H2,1-3H3. The average molecular weight is 304 g/mol. The summed E-state index contributed by atoms with van der Waals surface area (Å²) < 4.78 is 5.36. The van der Waals surface area contributed by atoms with Crippen LogP contribution >= 0.6 is 0 Å². The summed E-state index contributed by atoms with van der Waals surface area (Å²) in [5.41, 5.74) is 1.19. The Morgan fingerprint density at radius 3 is 2.32 bits per heavy atom. The van der Waals surface area contributed by atoms with Crippen LogP contribution in [0.4, 0.5) is 5.69 Å². The fourth-order valence-corrected chi connectivity index (χ4v) is 2.62. The van der Waals surface area contributed by atoms with Crippen LogP contribution in [0.2, 0.25) is 0 Å². The molecule has 1 aliphatic rings. The predicted molar refractivity (Wildman–Crippen MR) is 87.2 cm³/mol. The van der Waals surface area contributed by atoms with Gasteiger partial charge in [-0.1, -0.05) is 5.18 Å². The molecule has 0 amide bonds. The van der Waals surface area contributed by atoms with Crippen LogP contribution < -0.4 is 4.90 Å². The molecule has 0 radical (unpaired) electrons. The number of nitroso groups, excluding NO2 is 1. The third-order valence-electron chi connectivity index (χ3n) is 3.81. The second kappa shape index (κ2) is 6.90. The number of hydrogen-bond donors (Lipinski definition) is 0. The Kier molecular flexibility index (Phi) is 5.16. The van der Waals surface area contributed by atoms with Crippen molar-refractivity contribution in [2.75, 3.05) is 24.5 Å². The summed E-state index contributed by atoms with van der Waals surface area (Å²) in [6.07, 6.45) is 1.97. The fourth-order valence-electron chi connectivity index (χ4n) is 2.62. The van der Waals surface area contributed by atoms with Gasteiger partial charge in [-0.15, -0.1) is 0 Å². The number of ether oxygens (including phenoxy) is 1. The van der Waals surface area contributed by atoms with Gasteiger partial charge in [-0.25, -0.2) is 4.79 Å². The molecule has 1 aromatic carbocycles. The van der Waals surface area contributed by atoms with Crippen LogP contribution in [0.3, 0.4) is 0 Å². The van der Waals surface area contributed by atoms with E-state index in [0.29, 0.717) is 18.0 Å². The number of anilines is 1. The van der Waals surface area contributed by atoms with Crippen LogP contribution in [-0.2, 0) is 4.74 Å². The number of rotatable bonds is 4. The largest absolute Gasteiger partial charge is 0.456 e.